The van der Waals surface area contributed by atoms with Gasteiger partial charge in [0.15, 0.2) is 5.78 Å². The molecule has 232 valence electrons. The molecule has 4 heterocycles. The van der Waals surface area contributed by atoms with Gasteiger partial charge in [-0.2, -0.15) is 0 Å². The molecule has 5 aromatic rings. The number of hydrogen-bond acceptors (Lipinski definition) is 6. The number of aromatic nitrogens is 2. The van der Waals surface area contributed by atoms with Gasteiger partial charge in [0.05, 0.1) is 4.88 Å². The fourth-order valence-electron chi connectivity index (χ4n) is 7.05. The molecule has 3 aliphatic rings. The number of H-pyrrole nitrogens is 2. The second kappa shape index (κ2) is 9.67. The average Bonchev–Trinajstić information content (AvgIpc) is 3.43. The summed E-state index contributed by atoms with van der Waals surface area (Å²) >= 11 is 1.50. The lowest BCUT2D eigenvalue weighted by Gasteiger charge is -2.28. The lowest BCUT2D eigenvalue weighted by molar-refractivity contribution is 0.0635. The van der Waals surface area contributed by atoms with E-state index in [-0.39, 0.29) is 23.0 Å². The summed E-state index contributed by atoms with van der Waals surface area (Å²) in [6.07, 6.45) is 2.08. The first kappa shape index (κ1) is 28.3. The van der Waals surface area contributed by atoms with E-state index in [4.69, 9.17) is 4.74 Å². The molecular weight excluding hydrogens is 602 g/mol. The first-order chi connectivity index (χ1) is 21.9. The van der Waals surface area contributed by atoms with E-state index in [1.165, 1.54) is 11.3 Å². The van der Waals surface area contributed by atoms with Crippen LogP contribution < -0.4 is 10.6 Å². The maximum absolute atomic E-state index is 13.8. The van der Waals surface area contributed by atoms with E-state index < -0.39 is 11.7 Å². The number of ketones is 1. The van der Waals surface area contributed by atoms with Gasteiger partial charge < -0.3 is 24.9 Å². The van der Waals surface area contributed by atoms with Crippen molar-refractivity contribution in [3.05, 3.63) is 93.1 Å². The molecule has 1 unspecified atom stereocenters. The predicted octanol–water partition coefficient (Wildman–Crippen LogP) is 7.11. The molecule has 1 saturated carbocycles. The van der Waals surface area contributed by atoms with Crippen LogP contribution in [0.15, 0.2) is 65.7 Å². The van der Waals surface area contributed by atoms with E-state index >= 15 is 0 Å². The fourth-order valence-corrected chi connectivity index (χ4v) is 8.10. The topological polar surface area (TPSA) is 136 Å². The highest BCUT2D eigenvalue weighted by molar-refractivity contribution is 7.12. The molecule has 1 aliphatic heterocycles. The van der Waals surface area contributed by atoms with E-state index in [0.717, 1.165) is 49.9 Å². The molecule has 3 amide bonds. The van der Waals surface area contributed by atoms with Crippen LogP contribution in [0.4, 0.5) is 16.2 Å². The summed E-state index contributed by atoms with van der Waals surface area (Å²) < 4.78 is 5.32. The minimum absolute atomic E-state index is 0.0241. The summed E-state index contributed by atoms with van der Waals surface area (Å²) in [5.74, 6) is -0.194. The molecule has 0 bridgehead atoms. The molecule has 2 atom stereocenters. The number of ether oxygens (including phenoxy) is 1. The van der Waals surface area contributed by atoms with E-state index in [2.05, 4.69) is 27.5 Å². The number of piperidine rings is 1. The van der Waals surface area contributed by atoms with Crippen LogP contribution in [0.3, 0.4) is 0 Å². The van der Waals surface area contributed by atoms with Gasteiger partial charge in [-0.15, -0.1) is 11.3 Å². The zero-order chi connectivity index (χ0) is 32.1. The molecule has 2 fully saturated rings. The quantitative estimate of drug-likeness (QED) is 0.167. The fraction of sp³-hybridized carbons (Fsp3) is 0.257. The number of nitrogens with one attached hydrogen (secondary N) is 4. The Morgan fingerprint density at radius 1 is 0.957 bits per heavy atom. The maximum atomic E-state index is 13.8. The third-order valence-corrected chi connectivity index (χ3v) is 10.1. The SMILES string of the molecule is Cc1csc2c1C13C[C@H]1CN(C(=O)c1cc4cc(NC(=O)c5cc6cc(NC(=O)OC(C)(C)C)ccc6[nH]5)ccc4[nH]1)C3=CC2=O. The maximum Gasteiger partial charge on any atom is 0.412 e. The Kier molecular flexibility index (Phi) is 5.95. The highest BCUT2D eigenvalue weighted by Gasteiger charge is 2.68. The lowest BCUT2D eigenvalue weighted by atomic mass is 9.84. The minimum Gasteiger partial charge on any atom is -0.444 e. The van der Waals surface area contributed by atoms with Crippen molar-refractivity contribution in [2.75, 3.05) is 17.2 Å². The van der Waals surface area contributed by atoms with Gasteiger partial charge in [0.1, 0.15) is 17.0 Å². The Hall–Kier alpha value is -5.16. The smallest absolute Gasteiger partial charge is 0.412 e. The number of carbonyl (C=O) groups is 4. The standard InChI is InChI=1S/C35H31N5O5S/c1-17-16-46-30-27(41)13-28-35(29(17)30)14-20(35)15-40(28)32(43)26-12-19-9-21(5-7-24(19)39-26)36-31(42)25-11-18-10-22(6-8-23(18)38-25)37-33(44)45-34(2,3)4/h5-13,16,20,38-39H,14-15H2,1-4H3,(H,36,42)(H,37,44)/t20-,35?/m0/s1. The van der Waals surface area contributed by atoms with E-state index in [0.29, 0.717) is 35.2 Å². The summed E-state index contributed by atoms with van der Waals surface area (Å²) in [6.45, 7) is 8.02. The number of allylic oxidation sites excluding steroid dienone is 2. The number of benzene rings is 2. The molecule has 1 saturated heterocycles. The highest BCUT2D eigenvalue weighted by Crippen LogP contribution is 2.68. The molecule has 2 aromatic carbocycles. The van der Waals surface area contributed by atoms with Crippen LogP contribution in [0.5, 0.6) is 0 Å². The number of nitrogens with zero attached hydrogens (tertiary/aromatic N) is 1. The van der Waals surface area contributed by atoms with Crippen LogP contribution in [0.1, 0.15) is 69.0 Å². The van der Waals surface area contributed by atoms with Crippen LogP contribution in [0.25, 0.3) is 21.8 Å². The zero-order valence-electron chi connectivity index (χ0n) is 25.7. The number of amides is 3. The van der Waals surface area contributed by atoms with Gasteiger partial charge in [-0.25, -0.2) is 4.79 Å². The number of anilines is 2. The van der Waals surface area contributed by atoms with E-state index in [1.807, 2.05) is 17.5 Å². The summed E-state index contributed by atoms with van der Waals surface area (Å²) in [6, 6.07) is 14.2. The first-order valence-electron chi connectivity index (χ1n) is 15.1. The Balaban J connectivity index is 0.988. The van der Waals surface area contributed by atoms with Crippen LogP contribution >= 0.6 is 11.3 Å². The van der Waals surface area contributed by atoms with Crippen LogP contribution in [0, 0.1) is 12.8 Å². The Morgan fingerprint density at radius 2 is 1.61 bits per heavy atom. The van der Waals surface area contributed by atoms with Gasteiger partial charge in [0.2, 0.25) is 0 Å². The zero-order valence-corrected chi connectivity index (χ0v) is 26.5. The molecule has 1 spiro atoms. The molecule has 2 aliphatic carbocycles. The molecule has 8 rings (SSSR count). The normalized spacial score (nSPS) is 19.8. The molecule has 46 heavy (non-hydrogen) atoms. The van der Waals surface area contributed by atoms with Gasteiger partial charge in [-0.1, -0.05) is 0 Å². The van der Waals surface area contributed by atoms with Gasteiger partial charge in [-0.05, 0) is 105 Å². The number of likely N-dealkylation sites (tertiary alicyclic amines) is 1. The molecule has 11 heteroatoms. The second-order valence-electron chi connectivity index (χ2n) is 13.4. The van der Waals surface area contributed by atoms with Crippen LogP contribution in [-0.4, -0.2) is 50.7 Å². The van der Waals surface area contributed by atoms with Gasteiger partial charge in [0, 0.05) is 56.9 Å². The number of fused-ring (bicyclic) bond motifs is 3. The number of carbonyl (C=O) groups excluding carboxylic acids is 4. The third-order valence-electron chi connectivity index (χ3n) is 9.03. The summed E-state index contributed by atoms with van der Waals surface area (Å²) in [5, 5.41) is 9.22. The van der Waals surface area contributed by atoms with E-state index in [1.54, 1.807) is 68.1 Å². The number of aryl methyl sites for hydroxylation is 1. The highest BCUT2D eigenvalue weighted by atomic mass is 32.1. The molecule has 0 radical (unpaired) electrons. The summed E-state index contributed by atoms with van der Waals surface area (Å²) in [4.78, 5) is 61.0. The number of aromatic amines is 2. The monoisotopic (exact) mass is 633 g/mol. The van der Waals surface area contributed by atoms with Gasteiger partial charge in [0.25, 0.3) is 11.8 Å². The lowest BCUT2D eigenvalue weighted by Crippen LogP contribution is -2.33. The molecular formula is C35H31N5O5S. The molecule has 10 nitrogen and oxygen atoms in total. The van der Waals surface area contributed by atoms with Crippen molar-refractivity contribution in [2.45, 2.75) is 45.1 Å². The van der Waals surface area contributed by atoms with Gasteiger partial charge >= 0.3 is 6.09 Å². The van der Waals surface area contributed by atoms with E-state index in [9.17, 15) is 19.2 Å². The van der Waals surface area contributed by atoms with Crippen LogP contribution in [0.2, 0.25) is 0 Å². The van der Waals surface area contributed by atoms with Crippen molar-refractivity contribution in [1.29, 1.82) is 0 Å². The first-order valence-corrected chi connectivity index (χ1v) is 16.0. The van der Waals surface area contributed by atoms with Gasteiger partial charge in [-0.3, -0.25) is 19.7 Å². The number of rotatable bonds is 4. The molecule has 3 aromatic heterocycles. The molecule has 4 N–H and O–H groups in total. The predicted molar refractivity (Wildman–Crippen MR) is 177 cm³/mol. The summed E-state index contributed by atoms with van der Waals surface area (Å²) in [5.41, 5.74) is 5.65. The summed E-state index contributed by atoms with van der Waals surface area (Å²) in [7, 11) is 0. The van der Waals surface area contributed by atoms with Crippen molar-refractivity contribution < 1.29 is 23.9 Å². The van der Waals surface area contributed by atoms with Crippen molar-refractivity contribution in [1.82, 2.24) is 14.9 Å². The Morgan fingerprint density at radius 3 is 2.30 bits per heavy atom. The van der Waals surface area contributed by atoms with Crippen molar-refractivity contribution in [2.24, 2.45) is 5.92 Å². The Labute approximate surface area is 267 Å². The number of hydrogen-bond donors (Lipinski definition) is 4. The van der Waals surface area contributed by atoms with Crippen molar-refractivity contribution in [3.8, 4) is 0 Å². The average molecular weight is 634 g/mol. The minimum atomic E-state index is -0.617. The Bertz CT molecular complexity index is 2200. The van der Waals surface area contributed by atoms with Crippen molar-refractivity contribution in [3.63, 3.8) is 0 Å². The second-order valence-corrected chi connectivity index (χ2v) is 14.2. The largest absolute Gasteiger partial charge is 0.444 e. The van der Waals surface area contributed by atoms with Crippen molar-refractivity contribution >= 4 is 68.2 Å². The third kappa shape index (κ3) is 4.45. The van der Waals surface area contributed by atoms with Crippen LogP contribution in [-0.2, 0) is 10.2 Å². The number of thiophene rings is 1.